The highest BCUT2D eigenvalue weighted by Gasteiger charge is 2.58. The molecule has 0 spiro atoms. The van der Waals surface area contributed by atoms with Crippen LogP contribution in [0.25, 0.3) is 0 Å². The van der Waals surface area contributed by atoms with Crippen LogP contribution in [0.5, 0.6) is 0 Å². The van der Waals surface area contributed by atoms with Gasteiger partial charge in [0.05, 0.1) is 5.56 Å². The highest BCUT2D eigenvalue weighted by Crippen LogP contribution is 2.56. The molecule has 1 aliphatic heterocycles. The van der Waals surface area contributed by atoms with E-state index >= 15 is 0 Å². The average Bonchev–Trinajstić information content (AvgIpc) is 2.80. The summed E-state index contributed by atoms with van der Waals surface area (Å²) in [5.41, 5.74) is -0.593. The topological polar surface area (TPSA) is 12.0 Å². The Bertz CT molecular complexity index is 468. The predicted molar refractivity (Wildman–Crippen MR) is 54.1 cm³/mol. The van der Waals surface area contributed by atoms with Crippen molar-refractivity contribution in [1.82, 2.24) is 5.32 Å². The van der Waals surface area contributed by atoms with E-state index in [2.05, 4.69) is 5.32 Å². The molecule has 2 atom stereocenters. The number of rotatable bonds is 1. The summed E-state index contributed by atoms with van der Waals surface area (Å²) in [6.45, 7) is 1.62. The monoisotopic (exact) mass is 245 g/mol. The zero-order chi connectivity index (χ0) is 12.3. The number of halogens is 4. The SMILES string of the molecule is Fc1cc(C23CNCC2C3)ccc1C(F)(F)F. The maximum absolute atomic E-state index is 13.4. The Hall–Kier alpha value is -1.10. The van der Waals surface area contributed by atoms with Crippen molar-refractivity contribution >= 4 is 0 Å². The second-order valence-electron chi connectivity index (χ2n) is 4.88. The van der Waals surface area contributed by atoms with Gasteiger partial charge in [-0.15, -0.1) is 0 Å². The largest absolute Gasteiger partial charge is 0.419 e. The van der Waals surface area contributed by atoms with Gasteiger partial charge in [-0.25, -0.2) is 4.39 Å². The number of hydrogen-bond donors (Lipinski definition) is 1. The normalized spacial score (nSPS) is 31.4. The van der Waals surface area contributed by atoms with Crippen molar-refractivity contribution in [2.75, 3.05) is 13.1 Å². The molecule has 0 aromatic heterocycles. The molecule has 2 fully saturated rings. The van der Waals surface area contributed by atoms with Crippen LogP contribution in [0.4, 0.5) is 17.6 Å². The van der Waals surface area contributed by atoms with Gasteiger partial charge in [-0.05, 0) is 36.6 Å². The fraction of sp³-hybridized carbons (Fsp3) is 0.500. The van der Waals surface area contributed by atoms with Gasteiger partial charge in [0.25, 0.3) is 0 Å². The van der Waals surface area contributed by atoms with Gasteiger partial charge < -0.3 is 5.32 Å². The lowest BCUT2D eigenvalue weighted by molar-refractivity contribution is -0.140. The van der Waals surface area contributed by atoms with Crippen LogP contribution in [0.15, 0.2) is 18.2 Å². The van der Waals surface area contributed by atoms with Crippen LogP contribution in [0.2, 0.25) is 0 Å². The predicted octanol–water partition coefficient (Wildman–Crippen LogP) is 2.71. The van der Waals surface area contributed by atoms with Crippen LogP contribution in [0, 0.1) is 11.7 Å². The standard InChI is InChI=1S/C12H11F4N/c13-10-3-7(1-2-9(10)12(14,15)16)11-4-8(11)5-17-6-11/h1-3,8,17H,4-6H2. The molecule has 5 heteroatoms. The van der Waals surface area contributed by atoms with Crippen molar-refractivity contribution in [3.63, 3.8) is 0 Å². The molecular weight excluding hydrogens is 234 g/mol. The summed E-state index contributed by atoms with van der Waals surface area (Å²) < 4.78 is 50.7. The summed E-state index contributed by atoms with van der Waals surface area (Å²) in [4.78, 5) is 0. The first-order valence-corrected chi connectivity index (χ1v) is 5.51. The number of alkyl halides is 3. The Morgan fingerprint density at radius 1 is 1.29 bits per heavy atom. The highest BCUT2D eigenvalue weighted by molar-refractivity contribution is 5.39. The Morgan fingerprint density at radius 3 is 2.53 bits per heavy atom. The van der Waals surface area contributed by atoms with E-state index < -0.39 is 17.6 Å². The average molecular weight is 245 g/mol. The first-order valence-electron chi connectivity index (χ1n) is 5.51. The smallest absolute Gasteiger partial charge is 0.316 e. The Balaban J connectivity index is 1.97. The van der Waals surface area contributed by atoms with E-state index in [0.717, 1.165) is 31.6 Å². The van der Waals surface area contributed by atoms with Gasteiger partial charge in [0, 0.05) is 12.0 Å². The molecule has 1 aromatic carbocycles. The maximum atomic E-state index is 13.4. The highest BCUT2D eigenvalue weighted by atomic mass is 19.4. The molecule has 1 saturated heterocycles. The van der Waals surface area contributed by atoms with Gasteiger partial charge in [-0.3, -0.25) is 0 Å². The number of fused-ring (bicyclic) bond motifs is 1. The molecule has 0 bridgehead atoms. The lowest BCUT2D eigenvalue weighted by Crippen LogP contribution is -2.20. The summed E-state index contributed by atoms with van der Waals surface area (Å²) in [5, 5.41) is 3.18. The molecule has 0 amide bonds. The molecular formula is C12H11F4N. The van der Waals surface area contributed by atoms with Crippen LogP contribution in [0.1, 0.15) is 17.5 Å². The van der Waals surface area contributed by atoms with Crippen molar-refractivity contribution in [1.29, 1.82) is 0 Å². The van der Waals surface area contributed by atoms with Crippen molar-refractivity contribution in [2.45, 2.75) is 18.0 Å². The molecule has 1 aliphatic carbocycles. The third-order valence-corrected chi connectivity index (χ3v) is 3.91. The van der Waals surface area contributed by atoms with Gasteiger partial charge in [0.1, 0.15) is 5.82 Å². The maximum Gasteiger partial charge on any atom is 0.419 e. The molecule has 1 nitrogen and oxygen atoms in total. The van der Waals surface area contributed by atoms with Gasteiger partial charge in [0.15, 0.2) is 0 Å². The van der Waals surface area contributed by atoms with Crippen LogP contribution in [0.3, 0.4) is 0 Å². The van der Waals surface area contributed by atoms with Crippen molar-refractivity contribution in [2.24, 2.45) is 5.92 Å². The number of hydrogen-bond acceptors (Lipinski definition) is 1. The molecule has 0 radical (unpaired) electrons. The molecule has 3 rings (SSSR count). The fourth-order valence-corrected chi connectivity index (χ4v) is 2.84. The second kappa shape index (κ2) is 3.22. The van der Waals surface area contributed by atoms with E-state index in [1.165, 1.54) is 6.07 Å². The van der Waals surface area contributed by atoms with E-state index in [0.29, 0.717) is 11.5 Å². The van der Waals surface area contributed by atoms with Crippen molar-refractivity contribution < 1.29 is 17.6 Å². The van der Waals surface area contributed by atoms with Crippen LogP contribution in [-0.4, -0.2) is 13.1 Å². The van der Waals surface area contributed by atoms with E-state index in [9.17, 15) is 17.6 Å². The summed E-state index contributed by atoms with van der Waals surface area (Å²) >= 11 is 0. The van der Waals surface area contributed by atoms with Gasteiger partial charge in [-0.2, -0.15) is 13.2 Å². The first-order chi connectivity index (χ1) is 7.93. The summed E-state index contributed by atoms with van der Waals surface area (Å²) in [6, 6.07) is 3.32. The van der Waals surface area contributed by atoms with Crippen LogP contribution >= 0.6 is 0 Å². The van der Waals surface area contributed by atoms with Crippen molar-refractivity contribution in [3.8, 4) is 0 Å². The summed E-state index contributed by atoms with van der Waals surface area (Å²) in [6.07, 6.45) is -3.66. The molecule has 1 N–H and O–H groups in total. The molecule has 1 saturated carbocycles. The van der Waals surface area contributed by atoms with E-state index in [1.54, 1.807) is 0 Å². The van der Waals surface area contributed by atoms with Crippen molar-refractivity contribution in [3.05, 3.63) is 35.1 Å². The van der Waals surface area contributed by atoms with Gasteiger partial charge in [0.2, 0.25) is 0 Å². The molecule has 1 heterocycles. The third kappa shape index (κ3) is 1.56. The van der Waals surface area contributed by atoms with Crippen LogP contribution < -0.4 is 5.32 Å². The number of piperidine rings is 1. The first kappa shape index (κ1) is 11.0. The minimum Gasteiger partial charge on any atom is -0.316 e. The second-order valence-corrected chi connectivity index (χ2v) is 4.88. The summed E-state index contributed by atoms with van der Waals surface area (Å²) in [7, 11) is 0. The minimum atomic E-state index is -4.61. The number of benzene rings is 1. The quantitative estimate of drug-likeness (QED) is 0.750. The molecule has 2 aliphatic rings. The van der Waals surface area contributed by atoms with E-state index in [-0.39, 0.29) is 5.41 Å². The zero-order valence-electron chi connectivity index (χ0n) is 8.94. The lowest BCUT2D eigenvalue weighted by Gasteiger charge is -2.14. The van der Waals surface area contributed by atoms with Gasteiger partial charge >= 0.3 is 6.18 Å². The third-order valence-electron chi connectivity index (χ3n) is 3.91. The molecule has 92 valence electrons. The minimum absolute atomic E-state index is 0.106. The Morgan fingerprint density at radius 2 is 2.06 bits per heavy atom. The zero-order valence-corrected chi connectivity index (χ0v) is 8.94. The lowest BCUT2D eigenvalue weighted by atomic mass is 9.94. The van der Waals surface area contributed by atoms with Crippen LogP contribution in [-0.2, 0) is 11.6 Å². The Kier molecular flexibility index (Phi) is 2.09. The number of nitrogens with one attached hydrogen (secondary N) is 1. The van der Waals surface area contributed by atoms with E-state index in [4.69, 9.17) is 0 Å². The molecule has 2 unspecified atom stereocenters. The fourth-order valence-electron chi connectivity index (χ4n) is 2.84. The molecule has 1 aromatic rings. The summed E-state index contributed by atoms with van der Waals surface area (Å²) in [5.74, 6) is -0.708. The molecule has 17 heavy (non-hydrogen) atoms. The Labute approximate surface area is 95.8 Å². The van der Waals surface area contributed by atoms with E-state index in [1.807, 2.05) is 0 Å². The van der Waals surface area contributed by atoms with Gasteiger partial charge in [-0.1, -0.05) is 6.07 Å².